The molecule has 0 spiro atoms. The van der Waals surface area contributed by atoms with Crippen molar-refractivity contribution in [3.63, 3.8) is 0 Å². The number of rotatable bonds is 69. The molecule has 2 unspecified atom stereocenters. The fraction of sp³-hybridized carbons (Fsp3) is 0.795. The van der Waals surface area contributed by atoms with Crippen molar-refractivity contribution in [1.82, 2.24) is 0 Å². The van der Waals surface area contributed by atoms with E-state index in [4.69, 9.17) is 18.5 Å². The summed E-state index contributed by atoms with van der Waals surface area (Å²) in [6.45, 7) is 4.18. The molecule has 0 heterocycles. The van der Waals surface area contributed by atoms with Gasteiger partial charge in [0.25, 0.3) is 7.82 Å². The second-order valence-corrected chi connectivity index (χ2v) is 27.7. The van der Waals surface area contributed by atoms with Gasteiger partial charge in [0.1, 0.15) is 19.8 Å². The van der Waals surface area contributed by atoms with Crippen molar-refractivity contribution in [3.8, 4) is 0 Å². The van der Waals surface area contributed by atoms with Crippen LogP contribution in [0.5, 0.6) is 0 Å². The van der Waals surface area contributed by atoms with E-state index in [0.717, 1.165) is 77.0 Å². The molecule has 0 saturated heterocycles. The first kappa shape index (κ1) is 85.2. The van der Waals surface area contributed by atoms with Gasteiger partial charge in [-0.25, -0.2) is 0 Å². The lowest BCUT2D eigenvalue weighted by Gasteiger charge is -2.28. The van der Waals surface area contributed by atoms with Gasteiger partial charge in [0.2, 0.25) is 0 Å². The van der Waals surface area contributed by atoms with E-state index in [1.165, 1.54) is 238 Å². The lowest BCUT2D eigenvalue weighted by Crippen LogP contribution is -2.37. The molecule has 0 aromatic carbocycles. The average molecular weight is 1250 g/mol. The molecule has 0 aliphatic heterocycles. The zero-order valence-corrected chi connectivity index (χ0v) is 59.3. The number of esters is 2. The van der Waals surface area contributed by atoms with Gasteiger partial charge in [0, 0.05) is 12.8 Å². The number of carbonyl (C=O) groups excluding carboxylic acids is 2. The first-order valence-corrected chi connectivity index (χ1v) is 38.8. The third kappa shape index (κ3) is 72.3. The number of carbonyl (C=O) groups is 2. The summed E-state index contributed by atoms with van der Waals surface area (Å²) in [6.07, 6.45) is 94.0. The highest BCUT2D eigenvalue weighted by molar-refractivity contribution is 7.45. The number of likely N-dealkylation sites (N-methyl/N-ethyl adjacent to an activating group) is 1. The van der Waals surface area contributed by atoms with Gasteiger partial charge < -0.3 is 27.9 Å². The maximum atomic E-state index is 12.9. The lowest BCUT2D eigenvalue weighted by atomic mass is 10.0. The van der Waals surface area contributed by atoms with Crippen LogP contribution in [-0.2, 0) is 32.7 Å². The van der Waals surface area contributed by atoms with E-state index in [1.54, 1.807) is 0 Å². The van der Waals surface area contributed by atoms with Gasteiger partial charge in [-0.15, -0.1) is 0 Å². The third-order valence-electron chi connectivity index (χ3n) is 16.4. The zero-order chi connectivity index (χ0) is 64.1. The highest BCUT2D eigenvalue weighted by atomic mass is 31.2. The van der Waals surface area contributed by atoms with Gasteiger partial charge in [-0.3, -0.25) is 14.2 Å². The molecular formula is C78H142NO8P. The van der Waals surface area contributed by atoms with Crippen LogP contribution in [0.4, 0.5) is 0 Å². The molecule has 0 radical (unpaired) electrons. The second kappa shape index (κ2) is 68.6. The van der Waals surface area contributed by atoms with Crippen LogP contribution in [-0.4, -0.2) is 70.0 Å². The highest BCUT2D eigenvalue weighted by Gasteiger charge is 2.22. The minimum atomic E-state index is -4.64. The Morgan fingerprint density at radius 1 is 0.364 bits per heavy atom. The number of quaternary nitrogens is 1. The molecule has 0 aliphatic rings. The van der Waals surface area contributed by atoms with Gasteiger partial charge in [0.05, 0.1) is 27.7 Å². The van der Waals surface area contributed by atoms with Crippen molar-refractivity contribution >= 4 is 19.8 Å². The molecule has 0 amide bonds. The second-order valence-electron chi connectivity index (χ2n) is 26.3. The molecule has 88 heavy (non-hydrogen) atoms. The van der Waals surface area contributed by atoms with Crippen LogP contribution in [0.2, 0.25) is 0 Å². The molecule has 0 N–H and O–H groups in total. The first-order valence-electron chi connectivity index (χ1n) is 37.3. The predicted octanol–water partition coefficient (Wildman–Crippen LogP) is 23.9. The molecule has 10 heteroatoms. The first-order chi connectivity index (χ1) is 43.0. The fourth-order valence-corrected chi connectivity index (χ4v) is 11.4. The number of phosphoric ester groups is 1. The average Bonchev–Trinajstić information content (AvgIpc) is 3.68. The number of nitrogens with zero attached hydrogens (tertiary/aromatic N) is 1. The molecule has 0 aliphatic carbocycles. The number of allylic oxidation sites excluding steroid dienone is 14. The topological polar surface area (TPSA) is 111 Å². The van der Waals surface area contributed by atoms with E-state index in [0.29, 0.717) is 17.4 Å². The summed E-state index contributed by atoms with van der Waals surface area (Å²) >= 11 is 0. The molecule has 2 atom stereocenters. The number of ether oxygens (including phenoxy) is 2. The zero-order valence-electron chi connectivity index (χ0n) is 58.4. The molecule has 9 nitrogen and oxygen atoms in total. The van der Waals surface area contributed by atoms with Crippen molar-refractivity contribution in [2.45, 2.75) is 354 Å². The van der Waals surface area contributed by atoms with Gasteiger partial charge in [-0.2, -0.15) is 0 Å². The summed E-state index contributed by atoms with van der Waals surface area (Å²) in [5.74, 6) is -0.817. The number of hydrogen-bond acceptors (Lipinski definition) is 8. The molecule has 512 valence electrons. The van der Waals surface area contributed by atoms with Gasteiger partial charge >= 0.3 is 11.9 Å². The third-order valence-corrected chi connectivity index (χ3v) is 17.4. The van der Waals surface area contributed by atoms with Gasteiger partial charge in [0.15, 0.2) is 6.10 Å². The summed E-state index contributed by atoms with van der Waals surface area (Å²) in [5, 5.41) is 0. The molecule has 0 saturated carbocycles. The Hall–Kier alpha value is -2.81. The molecule has 0 rings (SSSR count). The van der Waals surface area contributed by atoms with Crippen molar-refractivity contribution in [3.05, 3.63) is 85.1 Å². The van der Waals surface area contributed by atoms with Crippen LogP contribution < -0.4 is 4.89 Å². The molecule has 0 fully saturated rings. The Balaban J connectivity index is 3.96. The van der Waals surface area contributed by atoms with Crippen LogP contribution in [0.3, 0.4) is 0 Å². The van der Waals surface area contributed by atoms with E-state index >= 15 is 0 Å². The Morgan fingerprint density at radius 3 is 0.977 bits per heavy atom. The van der Waals surface area contributed by atoms with Crippen molar-refractivity contribution < 1.29 is 42.1 Å². The maximum Gasteiger partial charge on any atom is 0.306 e. The van der Waals surface area contributed by atoms with Crippen LogP contribution in [0.25, 0.3) is 0 Å². The van der Waals surface area contributed by atoms with Crippen LogP contribution in [0, 0.1) is 0 Å². The normalized spacial score (nSPS) is 13.6. The quantitative estimate of drug-likeness (QED) is 0.0195. The summed E-state index contributed by atoms with van der Waals surface area (Å²) in [7, 11) is 1.18. The molecule has 0 aromatic heterocycles. The van der Waals surface area contributed by atoms with Crippen LogP contribution >= 0.6 is 7.82 Å². The Labute approximate surface area is 545 Å². The van der Waals surface area contributed by atoms with Crippen LogP contribution in [0.1, 0.15) is 348 Å². The smallest absolute Gasteiger partial charge is 0.306 e. The number of hydrogen-bond donors (Lipinski definition) is 0. The molecule has 0 aromatic rings. The predicted molar refractivity (Wildman–Crippen MR) is 379 cm³/mol. The van der Waals surface area contributed by atoms with E-state index in [-0.39, 0.29) is 32.0 Å². The van der Waals surface area contributed by atoms with Crippen molar-refractivity contribution in [1.29, 1.82) is 0 Å². The van der Waals surface area contributed by atoms with E-state index in [9.17, 15) is 19.0 Å². The summed E-state index contributed by atoms with van der Waals surface area (Å²) < 4.78 is 34.4. The highest BCUT2D eigenvalue weighted by Crippen LogP contribution is 2.38. The summed E-state index contributed by atoms with van der Waals surface area (Å²) in [4.78, 5) is 38.1. The van der Waals surface area contributed by atoms with Crippen LogP contribution in [0.15, 0.2) is 85.1 Å². The summed E-state index contributed by atoms with van der Waals surface area (Å²) in [5.41, 5.74) is 0. The Bertz CT molecular complexity index is 1760. The van der Waals surface area contributed by atoms with Crippen molar-refractivity contribution in [2.24, 2.45) is 0 Å². The number of phosphoric acid groups is 1. The largest absolute Gasteiger partial charge is 0.756 e. The summed E-state index contributed by atoms with van der Waals surface area (Å²) in [6, 6.07) is 0. The maximum absolute atomic E-state index is 12.9. The molecule has 0 bridgehead atoms. The SMILES string of the molecule is CC/C=C\C/C=C\C/C=C\C/C=C\C/C=C\C/C=C\CCCCCCCCCCCCCCCCCCCCCCC(=O)OC(COC(=O)CCCCCCCCCCCCCCC/C=C\CCCCCCCCCC)COP(=O)([O-])OCC[N+](C)(C)C. The Kier molecular flexibility index (Phi) is 66.4. The van der Waals surface area contributed by atoms with Gasteiger partial charge in [-0.1, -0.05) is 330 Å². The van der Waals surface area contributed by atoms with E-state index in [2.05, 4.69) is 98.9 Å². The Morgan fingerprint density at radius 2 is 0.648 bits per heavy atom. The minimum absolute atomic E-state index is 0.0304. The fourth-order valence-electron chi connectivity index (χ4n) is 10.7. The lowest BCUT2D eigenvalue weighted by molar-refractivity contribution is -0.870. The van der Waals surface area contributed by atoms with E-state index < -0.39 is 26.5 Å². The van der Waals surface area contributed by atoms with Gasteiger partial charge in [-0.05, 0) is 89.9 Å². The monoisotopic (exact) mass is 1250 g/mol. The van der Waals surface area contributed by atoms with Crippen molar-refractivity contribution in [2.75, 3.05) is 47.5 Å². The standard InChI is InChI=1S/C78H142NO8P/c1-6-8-10-12-14-16-18-20-22-24-26-28-30-32-33-34-35-36-37-38-39-40-41-42-43-44-45-47-49-51-53-55-57-59-61-63-65-67-69-71-78(81)87-76(75-86-88(82,83)85-73-72-79(3,4)5)74-84-77(80)70-68-66-64-62-60-58-56-54-52-50-48-46-31-29-27-25-23-21-19-17-15-13-11-9-7-2/h8,10,14,16,20,22,25-28,32-33,35-36,76H,6-7,9,11-13,15,17-19,21,23-24,29-31,34,37-75H2,1-5H3/b10-8-,16-14-,22-20-,27-25-,28-26-,33-32-,36-35-. The molecular weight excluding hydrogens is 1110 g/mol. The number of unbranched alkanes of at least 4 members (excludes halogenated alkanes) is 41. The van der Waals surface area contributed by atoms with E-state index in [1.807, 2.05) is 21.1 Å². The minimum Gasteiger partial charge on any atom is -0.756 e.